The van der Waals surface area contributed by atoms with Crippen molar-refractivity contribution in [3.63, 3.8) is 0 Å². The van der Waals surface area contributed by atoms with Gasteiger partial charge in [-0.15, -0.1) is 11.3 Å². The lowest BCUT2D eigenvalue weighted by Gasteiger charge is -2.13. The number of nitrogens with zero attached hydrogens (tertiary/aromatic N) is 1. The minimum Gasteiger partial charge on any atom is -0.504 e. The Kier molecular flexibility index (Phi) is 5.86. The highest BCUT2D eigenvalue weighted by Gasteiger charge is 2.25. The average Bonchev–Trinajstić information content (AvgIpc) is 3.13. The summed E-state index contributed by atoms with van der Waals surface area (Å²) in [5.74, 6) is 0.362. The SMILES string of the molecule is COc1cc(C=Nc2sc3c(c2C(=O)Nc2ccccc2C)CCCC3)ccc1O. The molecule has 0 fully saturated rings. The minimum absolute atomic E-state index is 0.0829. The zero-order chi connectivity index (χ0) is 21.1. The highest BCUT2D eigenvalue weighted by Crippen LogP contribution is 2.40. The van der Waals surface area contributed by atoms with Gasteiger partial charge in [-0.05, 0) is 73.6 Å². The van der Waals surface area contributed by atoms with Crippen LogP contribution in [0, 0.1) is 6.92 Å². The van der Waals surface area contributed by atoms with Gasteiger partial charge < -0.3 is 15.2 Å². The molecule has 0 bridgehead atoms. The molecule has 1 aromatic heterocycles. The van der Waals surface area contributed by atoms with Crippen LogP contribution in [0.25, 0.3) is 0 Å². The molecule has 1 aliphatic rings. The fraction of sp³-hybridized carbons (Fsp3) is 0.250. The van der Waals surface area contributed by atoms with Gasteiger partial charge in [0.05, 0.1) is 12.7 Å². The molecular weight excluding hydrogens is 396 g/mol. The van der Waals surface area contributed by atoms with Crippen LogP contribution in [0.1, 0.15) is 44.8 Å². The molecule has 1 amide bonds. The molecule has 0 saturated heterocycles. The Morgan fingerprint density at radius 3 is 2.80 bits per heavy atom. The molecule has 1 aliphatic carbocycles. The summed E-state index contributed by atoms with van der Waals surface area (Å²) in [5, 5.41) is 13.6. The number of aliphatic imine (C=N–C) groups is 1. The number of carbonyl (C=O) groups is 1. The summed E-state index contributed by atoms with van der Waals surface area (Å²) < 4.78 is 5.17. The number of aryl methyl sites for hydroxylation is 2. The van der Waals surface area contributed by atoms with Gasteiger partial charge in [-0.1, -0.05) is 18.2 Å². The molecule has 0 atom stereocenters. The lowest BCUT2D eigenvalue weighted by atomic mass is 9.95. The van der Waals surface area contributed by atoms with E-state index in [2.05, 4.69) is 10.3 Å². The van der Waals surface area contributed by atoms with Crippen LogP contribution in [0.15, 0.2) is 47.5 Å². The van der Waals surface area contributed by atoms with E-state index in [9.17, 15) is 9.90 Å². The Labute approximate surface area is 180 Å². The van der Waals surface area contributed by atoms with E-state index in [0.29, 0.717) is 11.3 Å². The number of para-hydroxylation sites is 1. The summed E-state index contributed by atoms with van der Waals surface area (Å²) in [7, 11) is 1.51. The van der Waals surface area contributed by atoms with Crippen LogP contribution in [-0.4, -0.2) is 24.3 Å². The number of phenolic OH excluding ortho intramolecular Hbond substituents is 1. The number of thiophene rings is 1. The molecule has 2 aromatic carbocycles. The fourth-order valence-corrected chi connectivity index (χ4v) is 4.91. The maximum absolute atomic E-state index is 13.2. The first-order valence-electron chi connectivity index (χ1n) is 9.99. The first kappa shape index (κ1) is 20.2. The van der Waals surface area contributed by atoms with E-state index in [1.165, 1.54) is 12.0 Å². The average molecular weight is 421 g/mol. The van der Waals surface area contributed by atoms with E-state index in [1.807, 2.05) is 31.2 Å². The Hall–Kier alpha value is -3.12. The second kappa shape index (κ2) is 8.71. The maximum Gasteiger partial charge on any atom is 0.259 e. The van der Waals surface area contributed by atoms with Gasteiger partial charge in [-0.3, -0.25) is 4.79 Å². The van der Waals surface area contributed by atoms with Crippen molar-refractivity contribution < 1.29 is 14.6 Å². The number of nitrogens with one attached hydrogen (secondary N) is 1. The summed E-state index contributed by atoms with van der Waals surface area (Å²) in [6.45, 7) is 1.98. The molecule has 0 aliphatic heterocycles. The van der Waals surface area contributed by atoms with Crippen LogP contribution in [0.3, 0.4) is 0 Å². The monoisotopic (exact) mass is 420 g/mol. The summed E-state index contributed by atoms with van der Waals surface area (Å²) in [4.78, 5) is 19.2. The molecule has 0 unspecified atom stereocenters. The van der Waals surface area contributed by atoms with Crippen molar-refractivity contribution in [2.24, 2.45) is 4.99 Å². The molecule has 30 heavy (non-hydrogen) atoms. The molecule has 154 valence electrons. The van der Waals surface area contributed by atoms with Crippen molar-refractivity contribution in [2.45, 2.75) is 32.6 Å². The molecular formula is C24H24N2O3S. The largest absolute Gasteiger partial charge is 0.504 e. The predicted octanol–water partition coefficient (Wildman–Crippen LogP) is 5.65. The van der Waals surface area contributed by atoms with Crippen LogP contribution in [0.2, 0.25) is 0 Å². The summed E-state index contributed by atoms with van der Waals surface area (Å²) in [6.07, 6.45) is 5.85. The molecule has 0 spiro atoms. The van der Waals surface area contributed by atoms with Gasteiger partial charge in [-0.2, -0.15) is 0 Å². The standard InChI is InChI=1S/C24H24N2O3S/c1-15-7-3-5-9-18(15)26-23(28)22-17-8-4-6-10-21(17)30-24(22)25-14-16-11-12-19(27)20(13-16)29-2/h3,5,7,9,11-14,27H,4,6,8,10H2,1-2H3,(H,26,28). The van der Waals surface area contributed by atoms with Crippen LogP contribution in [0.5, 0.6) is 11.5 Å². The van der Waals surface area contributed by atoms with Crippen LogP contribution < -0.4 is 10.1 Å². The van der Waals surface area contributed by atoms with Gasteiger partial charge in [0.2, 0.25) is 0 Å². The van der Waals surface area contributed by atoms with Gasteiger partial charge in [0, 0.05) is 16.8 Å². The smallest absolute Gasteiger partial charge is 0.259 e. The van der Waals surface area contributed by atoms with Crippen LogP contribution >= 0.6 is 11.3 Å². The van der Waals surface area contributed by atoms with E-state index < -0.39 is 0 Å². The second-order valence-corrected chi connectivity index (χ2v) is 8.43. The minimum atomic E-state index is -0.112. The quantitative estimate of drug-likeness (QED) is 0.524. The number of fused-ring (bicyclic) bond motifs is 1. The van der Waals surface area contributed by atoms with Crippen molar-refractivity contribution >= 4 is 34.1 Å². The third-order valence-corrected chi connectivity index (χ3v) is 6.51. The zero-order valence-electron chi connectivity index (χ0n) is 17.1. The predicted molar refractivity (Wildman–Crippen MR) is 122 cm³/mol. The van der Waals surface area contributed by atoms with Crippen molar-refractivity contribution in [3.05, 3.63) is 69.6 Å². The molecule has 0 saturated carbocycles. The van der Waals surface area contributed by atoms with Gasteiger partial charge in [0.1, 0.15) is 5.00 Å². The third-order valence-electron chi connectivity index (χ3n) is 5.31. The van der Waals surface area contributed by atoms with E-state index >= 15 is 0 Å². The molecule has 1 heterocycles. The second-order valence-electron chi connectivity index (χ2n) is 7.35. The molecule has 4 rings (SSSR count). The number of rotatable bonds is 5. The van der Waals surface area contributed by atoms with Gasteiger partial charge >= 0.3 is 0 Å². The number of hydrogen-bond acceptors (Lipinski definition) is 5. The molecule has 5 nitrogen and oxygen atoms in total. The highest BCUT2D eigenvalue weighted by molar-refractivity contribution is 7.16. The maximum atomic E-state index is 13.2. The first-order chi connectivity index (χ1) is 14.6. The number of phenols is 1. The normalized spacial score (nSPS) is 13.3. The van der Waals surface area contributed by atoms with E-state index in [4.69, 9.17) is 4.74 Å². The first-order valence-corrected chi connectivity index (χ1v) is 10.8. The Morgan fingerprint density at radius 1 is 1.20 bits per heavy atom. The van der Waals surface area contributed by atoms with E-state index in [1.54, 1.807) is 35.8 Å². The third kappa shape index (κ3) is 4.09. The highest BCUT2D eigenvalue weighted by atomic mass is 32.1. The van der Waals surface area contributed by atoms with Gasteiger partial charge in [-0.25, -0.2) is 4.99 Å². The number of hydrogen-bond donors (Lipinski definition) is 2. The number of methoxy groups -OCH3 is 1. The summed E-state index contributed by atoms with van der Waals surface area (Å²) in [5.41, 5.74) is 4.45. The molecule has 0 radical (unpaired) electrons. The Bertz CT molecular complexity index is 1120. The Morgan fingerprint density at radius 2 is 2.00 bits per heavy atom. The lowest BCUT2D eigenvalue weighted by Crippen LogP contribution is -2.15. The van der Waals surface area contributed by atoms with Gasteiger partial charge in [0.15, 0.2) is 11.5 Å². The van der Waals surface area contributed by atoms with Crippen LogP contribution in [0.4, 0.5) is 10.7 Å². The number of ether oxygens (including phenoxy) is 1. The zero-order valence-corrected chi connectivity index (χ0v) is 17.9. The van der Waals surface area contributed by atoms with Crippen molar-refractivity contribution in [2.75, 3.05) is 12.4 Å². The molecule has 6 heteroatoms. The van der Waals surface area contributed by atoms with Crippen molar-refractivity contribution in [1.82, 2.24) is 0 Å². The summed E-state index contributed by atoms with van der Waals surface area (Å²) in [6, 6.07) is 12.8. The topological polar surface area (TPSA) is 70.9 Å². The van der Waals surface area contributed by atoms with Crippen molar-refractivity contribution in [1.29, 1.82) is 0 Å². The number of aromatic hydroxyl groups is 1. The number of carbonyl (C=O) groups excluding carboxylic acids is 1. The number of benzene rings is 2. The van der Waals surface area contributed by atoms with E-state index in [-0.39, 0.29) is 11.7 Å². The molecule has 2 N–H and O–H groups in total. The number of anilines is 1. The lowest BCUT2D eigenvalue weighted by molar-refractivity contribution is 0.102. The fourth-order valence-electron chi connectivity index (χ4n) is 3.68. The van der Waals surface area contributed by atoms with Crippen molar-refractivity contribution in [3.8, 4) is 11.5 Å². The van der Waals surface area contributed by atoms with Gasteiger partial charge in [0.25, 0.3) is 5.91 Å². The number of amides is 1. The summed E-state index contributed by atoms with van der Waals surface area (Å²) >= 11 is 1.60. The van der Waals surface area contributed by atoms with E-state index in [0.717, 1.165) is 53.1 Å². The van der Waals surface area contributed by atoms with Crippen LogP contribution in [-0.2, 0) is 12.8 Å². The molecule has 3 aromatic rings. The Balaban J connectivity index is 1.69.